The predicted molar refractivity (Wildman–Crippen MR) is 65.8 cm³/mol. The summed E-state index contributed by atoms with van der Waals surface area (Å²) in [6.45, 7) is 0. The van der Waals surface area contributed by atoms with E-state index >= 15 is 0 Å². The minimum atomic E-state index is 0.304. The molecule has 0 amide bonds. The third-order valence-corrected chi connectivity index (χ3v) is 3.74. The maximum atomic E-state index is 5.87. The van der Waals surface area contributed by atoms with Crippen molar-refractivity contribution in [1.82, 2.24) is 19.9 Å². The highest BCUT2D eigenvalue weighted by Crippen LogP contribution is 2.25. The fourth-order valence-corrected chi connectivity index (χ4v) is 1.54. The first kappa shape index (κ1) is 11.0. The van der Waals surface area contributed by atoms with Crippen LogP contribution < -0.4 is 0 Å². The number of halogens is 3. The molecule has 7 heteroatoms. The summed E-state index contributed by atoms with van der Waals surface area (Å²) < 4.78 is 0.621. The van der Waals surface area contributed by atoms with E-state index in [1.54, 1.807) is 18.5 Å². The molecule has 0 aliphatic carbocycles. The van der Waals surface area contributed by atoms with Crippen molar-refractivity contribution in [3.8, 4) is 11.6 Å². The minimum Gasteiger partial charge on any atom is -0.234 e. The lowest BCUT2D eigenvalue weighted by molar-refractivity contribution is 1.07. The fraction of sp³-hybridized carbons (Fsp3) is 0. The molecular formula is C8H3Cl2IN4. The van der Waals surface area contributed by atoms with E-state index < -0.39 is 0 Å². The lowest BCUT2D eigenvalue weighted by atomic mass is 10.5. The van der Waals surface area contributed by atoms with Gasteiger partial charge in [-0.05, 0) is 28.7 Å². The van der Waals surface area contributed by atoms with Crippen LogP contribution in [0.2, 0.25) is 10.3 Å². The number of hydrogen-bond donors (Lipinski definition) is 0. The van der Waals surface area contributed by atoms with Gasteiger partial charge in [-0.15, -0.1) is 0 Å². The van der Waals surface area contributed by atoms with Crippen LogP contribution in [-0.2, 0) is 0 Å². The van der Waals surface area contributed by atoms with Gasteiger partial charge < -0.3 is 0 Å². The number of nitrogens with zero attached hydrogens (tertiary/aromatic N) is 4. The lowest BCUT2D eigenvalue weighted by Crippen LogP contribution is -1.97. The summed E-state index contributed by atoms with van der Waals surface area (Å²) in [5.41, 5.74) is 0. The fourth-order valence-electron chi connectivity index (χ4n) is 0.909. The molecule has 0 saturated heterocycles. The molecule has 76 valence electrons. The third-order valence-electron chi connectivity index (χ3n) is 1.54. The highest BCUT2D eigenvalue weighted by molar-refractivity contribution is 14.1. The molecule has 0 saturated carbocycles. The van der Waals surface area contributed by atoms with Crippen LogP contribution in [0.25, 0.3) is 11.6 Å². The Balaban J connectivity index is 2.56. The second-order valence-electron chi connectivity index (χ2n) is 2.52. The molecule has 0 atom stereocenters. The van der Waals surface area contributed by atoms with E-state index in [0.29, 0.717) is 25.5 Å². The summed E-state index contributed by atoms with van der Waals surface area (Å²) in [5, 5.41) is 0.608. The van der Waals surface area contributed by atoms with Gasteiger partial charge in [0, 0.05) is 12.4 Å². The van der Waals surface area contributed by atoms with Crippen LogP contribution in [0.3, 0.4) is 0 Å². The molecule has 2 heterocycles. The second-order valence-corrected chi connectivity index (χ2v) is 4.31. The Bertz CT molecular complexity index is 468. The highest BCUT2D eigenvalue weighted by atomic mass is 127. The van der Waals surface area contributed by atoms with E-state index in [0.717, 1.165) is 0 Å². The van der Waals surface area contributed by atoms with E-state index in [9.17, 15) is 0 Å². The van der Waals surface area contributed by atoms with Crippen molar-refractivity contribution < 1.29 is 0 Å². The van der Waals surface area contributed by atoms with Crippen LogP contribution in [0.5, 0.6) is 0 Å². The molecule has 4 nitrogen and oxygen atoms in total. The minimum absolute atomic E-state index is 0.304. The molecule has 2 rings (SSSR count). The van der Waals surface area contributed by atoms with Gasteiger partial charge in [-0.3, -0.25) is 0 Å². The first-order chi connectivity index (χ1) is 7.18. The van der Waals surface area contributed by atoms with Crippen molar-refractivity contribution >= 4 is 45.8 Å². The van der Waals surface area contributed by atoms with Gasteiger partial charge in [0.2, 0.25) is 5.82 Å². The average molecular weight is 353 g/mol. The third kappa shape index (κ3) is 2.35. The van der Waals surface area contributed by atoms with E-state index in [2.05, 4.69) is 19.9 Å². The molecule has 0 N–H and O–H groups in total. The Hall–Kier alpha value is -0.530. The molecule has 0 aliphatic rings. The maximum Gasteiger partial charge on any atom is 0.200 e. The molecule has 0 fully saturated rings. The van der Waals surface area contributed by atoms with Crippen molar-refractivity contribution in [1.29, 1.82) is 0 Å². The van der Waals surface area contributed by atoms with Crippen LogP contribution in [0.1, 0.15) is 0 Å². The van der Waals surface area contributed by atoms with Crippen LogP contribution in [-0.4, -0.2) is 19.9 Å². The monoisotopic (exact) mass is 352 g/mol. The molecule has 2 aromatic heterocycles. The zero-order valence-corrected chi connectivity index (χ0v) is 10.8. The normalized spacial score (nSPS) is 10.3. The van der Waals surface area contributed by atoms with Gasteiger partial charge in [0.05, 0.1) is 3.57 Å². The van der Waals surface area contributed by atoms with Crippen molar-refractivity contribution in [2.24, 2.45) is 0 Å². The summed E-state index contributed by atoms with van der Waals surface area (Å²) in [4.78, 5) is 16.1. The van der Waals surface area contributed by atoms with Gasteiger partial charge in [0.25, 0.3) is 0 Å². The van der Waals surface area contributed by atoms with E-state index in [4.69, 9.17) is 23.2 Å². The van der Waals surface area contributed by atoms with Crippen LogP contribution in [0, 0.1) is 3.57 Å². The van der Waals surface area contributed by atoms with Gasteiger partial charge >= 0.3 is 0 Å². The molecule has 0 spiro atoms. The standard InChI is InChI=1S/C8H3Cl2IN4/c9-5-4(11)6(10)15-8(14-5)7-12-2-1-3-13-7/h1-3H. The van der Waals surface area contributed by atoms with Crippen molar-refractivity contribution in [3.05, 3.63) is 32.3 Å². The topological polar surface area (TPSA) is 51.6 Å². The summed E-state index contributed by atoms with van der Waals surface area (Å²) >= 11 is 13.7. The Morgan fingerprint density at radius 2 is 1.47 bits per heavy atom. The summed E-state index contributed by atoms with van der Waals surface area (Å²) in [6, 6.07) is 1.71. The number of aromatic nitrogens is 4. The maximum absolute atomic E-state index is 5.87. The zero-order chi connectivity index (χ0) is 10.8. The van der Waals surface area contributed by atoms with Gasteiger partial charge in [0.15, 0.2) is 5.82 Å². The summed E-state index contributed by atoms with van der Waals surface area (Å²) in [7, 11) is 0. The molecule has 0 radical (unpaired) electrons. The molecule has 0 unspecified atom stereocenters. The van der Waals surface area contributed by atoms with E-state index in [1.165, 1.54) is 0 Å². The van der Waals surface area contributed by atoms with E-state index in [1.807, 2.05) is 22.6 Å². The second kappa shape index (κ2) is 4.54. The first-order valence-electron chi connectivity index (χ1n) is 3.84. The molecule has 0 aliphatic heterocycles. The molecule has 0 aromatic carbocycles. The Morgan fingerprint density at radius 1 is 0.933 bits per heavy atom. The summed E-state index contributed by atoms with van der Waals surface area (Å²) in [5.74, 6) is 0.726. The SMILES string of the molecule is Clc1nc(-c2ncccn2)nc(Cl)c1I. The molecular weight excluding hydrogens is 350 g/mol. The van der Waals surface area contributed by atoms with Gasteiger partial charge in [-0.25, -0.2) is 19.9 Å². The Labute approximate surface area is 109 Å². The molecule has 0 bridgehead atoms. The highest BCUT2D eigenvalue weighted by Gasteiger charge is 2.11. The lowest BCUT2D eigenvalue weighted by Gasteiger charge is -2.01. The number of hydrogen-bond acceptors (Lipinski definition) is 4. The average Bonchev–Trinajstić information content (AvgIpc) is 2.26. The molecule has 15 heavy (non-hydrogen) atoms. The molecule has 2 aromatic rings. The van der Waals surface area contributed by atoms with Gasteiger partial charge in [-0.2, -0.15) is 0 Å². The van der Waals surface area contributed by atoms with Crippen LogP contribution in [0.15, 0.2) is 18.5 Å². The van der Waals surface area contributed by atoms with Gasteiger partial charge in [0.1, 0.15) is 10.3 Å². The van der Waals surface area contributed by atoms with Crippen LogP contribution >= 0.6 is 45.8 Å². The predicted octanol–water partition coefficient (Wildman–Crippen LogP) is 2.84. The van der Waals surface area contributed by atoms with Crippen molar-refractivity contribution in [3.63, 3.8) is 0 Å². The smallest absolute Gasteiger partial charge is 0.200 e. The first-order valence-corrected chi connectivity index (χ1v) is 5.68. The number of rotatable bonds is 1. The Morgan fingerprint density at radius 3 is 2.00 bits per heavy atom. The quantitative estimate of drug-likeness (QED) is 0.585. The zero-order valence-electron chi connectivity index (χ0n) is 7.15. The van der Waals surface area contributed by atoms with Gasteiger partial charge in [-0.1, -0.05) is 23.2 Å². The largest absolute Gasteiger partial charge is 0.234 e. The Kier molecular flexibility index (Phi) is 3.32. The van der Waals surface area contributed by atoms with Crippen molar-refractivity contribution in [2.45, 2.75) is 0 Å². The van der Waals surface area contributed by atoms with Crippen LogP contribution in [0.4, 0.5) is 0 Å². The van der Waals surface area contributed by atoms with Crippen molar-refractivity contribution in [2.75, 3.05) is 0 Å². The van der Waals surface area contributed by atoms with E-state index in [-0.39, 0.29) is 0 Å². The summed E-state index contributed by atoms with van der Waals surface area (Å²) in [6.07, 6.45) is 3.21.